The number of halogens is 3. The van der Waals surface area contributed by atoms with Crippen LogP contribution in [-0.2, 0) is 14.3 Å². The van der Waals surface area contributed by atoms with Crippen molar-refractivity contribution in [1.29, 1.82) is 0 Å². The van der Waals surface area contributed by atoms with E-state index in [1.54, 1.807) is 13.8 Å². The van der Waals surface area contributed by atoms with Crippen molar-refractivity contribution >= 4 is 5.91 Å². The zero-order chi connectivity index (χ0) is 13.9. The molecule has 5 nitrogen and oxygen atoms in total. The summed E-state index contributed by atoms with van der Waals surface area (Å²) in [5, 5.41) is 11.2. The molecule has 8 heteroatoms. The molecule has 0 radical (unpaired) electrons. The van der Waals surface area contributed by atoms with E-state index in [1.807, 2.05) is 5.32 Å². The Kier molecular flexibility index (Phi) is 4.94. The third-order valence-electron chi connectivity index (χ3n) is 2.62. The minimum Gasteiger partial charge on any atom is -0.374 e. The van der Waals surface area contributed by atoms with Crippen LogP contribution < -0.4 is 5.32 Å². The molecule has 0 aromatic heterocycles. The van der Waals surface area contributed by atoms with Gasteiger partial charge >= 0.3 is 12.1 Å². The number of alkyl halides is 3. The Hall–Kier alpha value is -0.860. The van der Waals surface area contributed by atoms with Crippen LogP contribution in [0, 0.1) is 0 Å². The lowest BCUT2D eigenvalue weighted by Gasteiger charge is -2.38. The summed E-state index contributed by atoms with van der Waals surface area (Å²) < 4.78 is 46.8. The van der Waals surface area contributed by atoms with Crippen molar-refractivity contribution in [3.05, 3.63) is 0 Å². The molecule has 0 aromatic rings. The van der Waals surface area contributed by atoms with Gasteiger partial charge in [0.1, 0.15) is 6.10 Å². The van der Waals surface area contributed by atoms with Crippen LogP contribution in [0.15, 0.2) is 0 Å². The van der Waals surface area contributed by atoms with Crippen LogP contribution in [0.2, 0.25) is 0 Å². The fourth-order valence-corrected chi connectivity index (χ4v) is 1.89. The molecule has 1 rings (SSSR count). The summed E-state index contributed by atoms with van der Waals surface area (Å²) in [6.45, 7) is 3.52. The summed E-state index contributed by atoms with van der Waals surface area (Å²) in [6, 6.07) is -0.933. The second kappa shape index (κ2) is 5.85. The zero-order valence-electron chi connectivity index (χ0n) is 10.0. The lowest BCUT2D eigenvalue weighted by molar-refractivity contribution is -0.216. The van der Waals surface area contributed by atoms with Crippen molar-refractivity contribution in [2.75, 3.05) is 6.61 Å². The second-order valence-electron chi connectivity index (χ2n) is 4.03. The summed E-state index contributed by atoms with van der Waals surface area (Å²) in [7, 11) is 0. The first-order chi connectivity index (χ1) is 8.25. The fourth-order valence-electron chi connectivity index (χ4n) is 1.89. The summed E-state index contributed by atoms with van der Waals surface area (Å²) in [4.78, 5) is 10.9. The first kappa shape index (κ1) is 15.2. The molecule has 1 fully saturated rings. The van der Waals surface area contributed by atoms with Gasteiger partial charge in [0.25, 0.3) is 0 Å². The molecular weight excluding hydrogens is 255 g/mol. The van der Waals surface area contributed by atoms with E-state index in [-0.39, 0.29) is 13.0 Å². The van der Waals surface area contributed by atoms with E-state index in [2.05, 4.69) is 0 Å². The number of hydrogen-bond donors (Lipinski definition) is 2. The number of carbonyl (C=O) groups excluding carboxylic acids is 1. The number of amides is 1. The highest BCUT2D eigenvalue weighted by atomic mass is 19.4. The van der Waals surface area contributed by atoms with Gasteiger partial charge in [-0.25, -0.2) is 0 Å². The van der Waals surface area contributed by atoms with Crippen molar-refractivity contribution in [2.24, 2.45) is 0 Å². The lowest BCUT2D eigenvalue weighted by atomic mass is 9.99. The van der Waals surface area contributed by atoms with Gasteiger partial charge in [-0.05, 0) is 13.8 Å². The maximum Gasteiger partial charge on any atom is 0.471 e. The average Bonchev–Trinajstić information content (AvgIpc) is 2.21. The Bertz CT molecular complexity index is 297. The molecule has 0 unspecified atom stereocenters. The SMILES string of the molecule is CCO[C@H]1[C@@H](NC(=O)C(F)(F)F)C[C@@H](O)O[C@H]1C. The number of ether oxygens (including phenoxy) is 2. The Morgan fingerprint density at radius 1 is 1.56 bits per heavy atom. The highest BCUT2D eigenvalue weighted by molar-refractivity contribution is 5.82. The van der Waals surface area contributed by atoms with Crippen molar-refractivity contribution in [3.63, 3.8) is 0 Å². The van der Waals surface area contributed by atoms with Gasteiger partial charge in [0.15, 0.2) is 6.29 Å². The summed E-state index contributed by atoms with van der Waals surface area (Å²) in [5.74, 6) is -2.04. The Labute approximate surface area is 102 Å². The average molecular weight is 271 g/mol. The van der Waals surface area contributed by atoms with Crippen molar-refractivity contribution in [1.82, 2.24) is 5.32 Å². The quantitative estimate of drug-likeness (QED) is 0.787. The lowest BCUT2D eigenvalue weighted by Crippen LogP contribution is -2.57. The number of carbonyl (C=O) groups is 1. The van der Waals surface area contributed by atoms with E-state index >= 15 is 0 Å². The molecular formula is C10H16F3NO4. The Morgan fingerprint density at radius 2 is 2.17 bits per heavy atom. The van der Waals surface area contributed by atoms with Gasteiger partial charge in [-0.1, -0.05) is 0 Å². The third kappa shape index (κ3) is 3.82. The first-order valence-electron chi connectivity index (χ1n) is 5.58. The van der Waals surface area contributed by atoms with Crippen LogP contribution >= 0.6 is 0 Å². The molecule has 106 valence electrons. The maximum atomic E-state index is 12.2. The van der Waals surface area contributed by atoms with E-state index in [0.717, 1.165) is 0 Å². The molecule has 1 amide bonds. The topological polar surface area (TPSA) is 67.8 Å². The largest absolute Gasteiger partial charge is 0.471 e. The second-order valence-corrected chi connectivity index (χ2v) is 4.03. The van der Waals surface area contributed by atoms with Crippen LogP contribution in [0.1, 0.15) is 20.3 Å². The molecule has 1 saturated heterocycles. The molecule has 1 aliphatic rings. The van der Waals surface area contributed by atoms with Crippen LogP contribution in [0.5, 0.6) is 0 Å². The predicted octanol–water partition coefficient (Wildman–Crippen LogP) is 0.566. The number of hydrogen-bond acceptors (Lipinski definition) is 4. The van der Waals surface area contributed by atoms with Gasteiger partial charge in [0.2, 0.25) is 0 Å². The van der Waals surface area contributed by atoms with Crippen LogP contribution in [0.25, 0.3) is 0 Å². The van der Waals surface area contributed by atoms with Gasteiger partial charge in [0, 0.05) is 13.0 Å². The van der Waals surface area contributed by atoms with E-state index in [4.69, 9.17) is 9.47 Å². The molecule has 0 spiro atoms. The summed E-state index contributed by atoms with van der Waals surface area (Å²) in [5.41, 5.74) is 0. The zero-order valence-corrected chi connectivity index (χ0v) is 10.0. The monoisotopic (exact) mass is 271 g/mol. The van der Waals surface area contributed by atoms with Gasteiger partial charge < -0.3 is 19.9 Å². The van der Waals surface area contributed by atoms with E-state index in [9.17, 15) is 23.1 Å². The van der Waals surface area contributed by atoms with Crippen LogP contribution in [-0.4, -0.2) is 48.3 Å². The normalized spacial score (nSPS) is 33.2. The fraction of sp³-hybridized carbons (Fsp3) is 0.900. The summed E-state index contributed by atoms with van der Waals surface area (Å²) in [6.07, 6.45) is -7.63. The number of aliphatic hydroxyl groups excluding tert-OH is 1. The smallest absolute Gasteiger partial charge is 0.374 e. The first-order valence-corrected chi connectivity index (χ1v) is 5.58. The minimum absolute atomic E-state index is 0.142. The number of rotatable bonds is 3. The van der Waals surface area contributed by atoms with Gasteiger partial charge in [-0.15, -0.1) is 0 Å². The van der Waals surface area contributed by atoms with Gasteiger partial charge in [-0.2, -0.15) is 13.2 Å². The van der Waals surface area contributed by atoms with Crippen molar-refractivity contribution in [2.45, 2.75) is 51.0 Å². The molecule has 1 heterocycles. The third-order valence-corrected chi connectivity index (χ3v) is 2.62. The highest BCUT2D eigenvalue weighted by Crippen LogP contribution is 2.23. The minimum atomic E-state index is -4.96. The predicted molar refractivity (Wildman–Crippen MR) is 54.6 cm³/mol. The Balaban J connectivity index is 2.72. The molecule has 0 aliphatic carbocycles. The van der Waals surface area contributed by atoms with E-state index in [0.29, 0.717) is 0 Å². The summed E-state index contributed by atoms with van der Waals surface area (Å²) >= 11 is 0. The highest BCUT2D eigenvalue weighted by Gasteiger charge is 2.44. The molecule has 0 saturated carbocycles. The Morgan fingerprint density at radius 3 is 2.67 bits per heavy atom. The van der Waals surface area contributed by atoms with Gasteiger partial charge in [-0.3, -0.25) is 4.79 Å². The molecule has 0 bridgehead atoms. The molecule has 1 aliphatic heterocycles. The molecule has 18 heavy (non-hydrogen) atoms. The molecule has 4 atom stereocenters. The standard InChI is InChI=1S/C10H16F3NO4/c1-3-17-8-5(2)18-7(15)4-6(8)14-9(16)10(11,12)13/h5-8,15H,3-4H2,1-2H3,(H,14,16)/t5-,6-,7-,8+/m0/s1. The van der Waals surface area contributed by atoms with Crippen LogP contribution in [0.4, 0.5) is 13.2 Å². The van der Waals surface area contributed by atoms with E-state index < -0.39 is 36.6 Å². The van der Waals surface area contributed by atoms with Crippen LogP contribution in [0.3, 0.4) is 0 Å². The van der Waals surface area contributed by atoms with Gasteiger partial charge in [0.05, 0.1) is 12.1 Å². The van der Waals surface area contributed by atoms with E-state index in [1.165, 1.54) is 0 Å². The van der Waals surface area contributed by atoms with Crippen molar-refractivity contribution < 1.29 is 32.5 Å². The molecule has 2 N–H and O–H groups in total. The van der Waals surface area contributed by atoms with Crippen molar-refractivity contribution in [3.8, 4) is 0 Å². The molecule has 0 aromatic carbocycles. The number of aliphatic hydroxyl groups is 1. The maximum absolute atomic E-state index is 12.2. The number of nitrogens with one attached hydrogen (secondary N) is 1.